The van der Waals surface area contributed by atoms with E-state index in [9.17, 15) is 14.0 Å². The summed E-state index contributed by atoms with van der Waals surface area (Å²) in [7, 11) is 0. The van der Waals surface area contributed by atoms with E-state index in [2.05, 4.69) is 4.98 Å². The molecule has 2 aliphatic heterocycles. The van der Waals surface area contributed by atoms with Crippen LogP contribution in [0, 0.1) is 11.7 Å². The molecule has 5 nitrogen and oxygen atoms in total. The van der Waals surface area contributed by atoms with E-state index in [-0.39, 0.29) is 29.9 Å². The van der Waals surface area contributed by atoms with Crippen LogP contribution in [-0.4, -0.2) is 39.4 Å². The van der Waals surface area contributed by atoms with Crippen molar-refractivity contribution in [3.8, 4) is 0 Å². The van der Waals surface area contributed by atoms with Gasteiger partial charge in [0.2, 0.25) is 0 Å². The number of ketones is 1. The SMILES string of the molecule is CC(C)(C)OC(=O)N1C2CCCC1CC(C(=O)c1cncc(F)c1)C2. The van der Waals surface area contributed by atoms with Crippen molar-refractivity contribution in [2.75, 3.05) is 0 Å². The number of fused-ring (bicyclic) bond motifs is 2. The van der Waals surface area contributed by atoms with Gasteiger partial charge in [-0.05, 0) is 58.9 Å². The first-order valence-electron chi connectivity index (χ1n) is 8.90. The van der Waals surface area contributed by atoms with Gasteiger partial charge in [-0.2, -0.15) is 0 Å². The smallest absolute Gasteiger partial charge is 0.410 e. The molecule has 6 heteroatoms. The number of hydrogen-bond acceptors (Lipinski definition) is 4. The van der Waals surface area contributed by atoms with Gasteiger partial charge in [0.15, 0.2) is 5.78 Å². The molecule has 1 aromatic heterocycles. The minimum atomic E-state index is -0.536. The van der Waals surface area contributed by atoms with Crippen LogP contribution in [-0.2, 0) is 4.74 Å². The van der Waals surface area contributed by atoms with Crippen LogP contribution in [0.4, 0.5) is 9.18 Å². The second-order valence-corrected chi connectivity index (χ2v) is 8.05. The van der Waals surface area contributed by atoms with Crippen molar-refractivity contribution in [2.45, 2.75) is 70.6 Å². The molecule has 2 unspecified atom stereocenters. The fraction of sp³-hybridized carbons (Fsp3) is 0.632. The molecule has 2 saturated heterocycles. The zero-order valence-electron chi connectivity index (χ0n) is 15.0. The van der Waals surface area contributed by atoms with E-state index in [1.165, 1.54) is 12.3 Å². The van der Waals surface area contributed by atoms with Gasteiger partial charge in [0.25, 0.3) is 0 Å². The molecular formula is C19H25FN2O3. The summed E-state index contributed by atoms with van der Waals surface area (Å²) in [5.41, 5.74) is -0.223. The average Bonchev–Trinajstić information content (AvgIpc) is 2.51. The molecule has 136 valence electrons. The van der Waals surface area contributed by atoms with E-state index in [4.69, 9.17) is 4.74 Å². The van der Waals surface area contributed by atoms with E-state index in [0.29, 0.717) is 18.4 Å². The lowest BCUT2D eigenvalue weighted by molar-refractivity contribution is -0.0260. The van der Waals surface area contributed by atoms with Crippen LogP contribution in [0.1, 0.15) is 63.2 Å². The number of pyridine rings is 1. The van der Waals surface area contributed by atoms with Gasteiger partial charge in [0.1, 0.15) is 11.4 Å². The predicted octanol–water partition coefficient (Wildman–Crippen LogP) is 3.97. The molecule has 0 aliphatic carbocycles. The second kappa shape index (κ2) is 6.73. The molecular weight excluding hydrogens is 323 g/mol. The van der Waals surface area contributed by atoms with Gasteiger partial charge in [0.05, 0.1) is 6.20 Å². The standard InChI is InChI=1S/C19H25FN2O3/c1-19(2,3)25-18(24)22-15-5-4-6-16(22)9-12(8-15)17(23)13-7-14(20)11-21-10-13/h7,10-12,15-16H,4-6,8-9H2,1-3H3. The van der Waals surface area contributed by atoms with Crippen molar-refractivity contribution in [1.29, 1.82) is 0 Å². The minimum Gasteiger partial charge on any atom is -0.444 e. The van der Waals surface area contributed by atoms with Gasteiger partial charge in [0, 0.05) is 29.8 Å². The zero-order valence-corrected chi connectivity index (χ0v) is 15.0. The van der Waals surface area contributed by atoms with Crippen molar-refractivity contribution in [1.82, 2.24) is 9.88 Å². The lowest BCUT2D eigenvalue weighted by Crippen LogP contribution is -2.56. The molecule has 3 rings (SSSR count). The number of aromatic nitrogens is 1. The molecule has 0 radical (unpaired) electrons. The monoisotopic (exact) mass is 348 g/mol. The van der Waals surface area contributed by atoms with Gasteiger partial charge in [-0.3, -0.25) is 9.78 Å². The quantitative estimate of drug-likeness (QED) is 0.759. The Labute approximate surface area is 147 Å². The Morgan fingerprint density at radius 1 is 1.20 bits per heavy atom. The Hall–Kier alpha value is -1.98. The van der Waals surface area contributed by atoms with Crippen LogP contribution in [0.3, 0.4) is 0 Å². The number of nitrogens with zero attached hydrogens (tertiary/aromatic N) is 2. The summed E-state index contributed by atoms with van der Waals surface area (Å²) in [6.07, 6.45) is 6.23. The second-order valence-electron chi connectivity index (χ2n) is 8.05. The average molecular weight is 348 g/mol. The molecule has 2 fully saturated rings. The minimum absolute atomic E-state index is 0.0119. The topological polar surface area (TPSA) is 59.5 Å². The van der Waals surface area contributed by atoms with E-state index >= 15 is 0 Å². The van der Waals surface area contributed by atoms with Gasteiger partial charge >= 0.3 is 6.09 Å². The molecule has 1 amide bonds. The molecule has 3 heterocycles. The third kappa shape index (κ3) is 3.99. The maximum atomic E-state index is 13.4. The van der Waals surface area contributed by atoms with Gasteiger partial charge in [-0.1, -0.05) is 0 Å². The molecule has 2 atom stereocenters. The van der Waals surface area contributed by atoms with Crippen molar-refractivity contribution < 1.29 is 18.7 Å². The lowest BCUT2D eigenvalue weighted by Gasteiger charge is -2.48. The number of hydrogen-bond donors (Lipinski definition) is 0. The molecule has 1 aromatic rings. The highest BCUT2D eigenvalue weighted by Gasteiger charge is 2.44. The Kier molecular flexibility index (Phi) is 4.80. The van der Waals surface area contributed by atoms with E-state index in [0.717, 1.165) is 25.5 Å². The van der Waals surface area contributed by atoms with Crippen molar-refractivity contribution in [2.24, 2.45) is 5.92 Å². The Morgan fingerprint density at radius 2 is 1.84 bits per heavy atom. The summed E-state index contributed by atoms with van der Waals surface area (Å²) >= 11 is 0. The van der Waals surface area contributed by atoms with Crippen molar-refractivity contribution in [3.63, 3.8) is 0 Å². The predicted molar refractivity (Wildman–Crippen MR) is 90.7 cm³/mol. The highest BCUT2D eigenvalue weighted by Crippen LogP contribution is 2.39. The number of rotatable bonds is 2. The van der Waals surface area contributed by atoms with E-state index in [1.54, 1.807) is 0 Å². The summed E-state index contributed by atoms with van der Waals surface area (Å²) in [6, 6.07) is 1.27. The van der Waals surface area contributed by atoms with Crippen LogP contribution in [0.15, 0.2) is 18.5 Å². The molecule has 0 aromatic carbocycles. The van der Waals surface area contributed by atoms with Crippen molar-refractivity contribution >= 4 is 11.9 Å². The van der Waals surface area contributed by atoms with Crippen LogP contribution >= 0.6 is 0 Å². The normalized spacial score (nSPS) is 26.2. The molecule has 0 spiro atoms. The highest BCUT2D eigenvalue weighted by molar-refractivity contribution is 5.97. The molecule has 2 bridgehead atoms. The van der Waals surface area contributed by atoms with Crippen LogP contribution in [0.25, 0.3) is 0 Å². The number of piperidine rings is 2. The molecule has 25 heavy (non-hydrogen) atoms. The largest absolute Gasteiger partial charge is 0.444 e. The Bertz CT molecular complexity index is 657. The Balaban J connectivity index is 1.75. The molecule has 2 aliphatic rings. The number of carbonyl (C=O) groups excluding carboxylic acids is 2. The molecule has 0 N–H and O–H groups in total. The summed E-state index contributed by atoms with van der Waals surface area (Å²) < 4.78 is 18.9. The van der Waals surface area contributed by atoms with E-state index in [1.807, 2.05) is 25.7 Å². The fourth-order valence-electron chi connectivity index (χ4n) is 3.99. The number of halogens is 1. The maximum absolute atomic E-state index is 13.4. The maximum Gasteiger partial charge on any atom is 0.410 e. The Morgan fingerprint density at radius 3 is 2.40 bits per heavy atom. The van der Waals surface area contributed by atoms with Gasteiger partial charge in [-0.15, -0.1) is 0 Å². The first kappa shape index (κ1) is 17.8. The number of carbonyl (C=O) groups is 2. The zero-order chi connectivity index (χ0) is 18.2. The first-order valence-corrected chi connectivity index (χ1v) is 8.90. The summed E-state index contributed by atoms with van der Waals surface area (Å²) in [5, 5.41) is 0. The number of amides is 1. The van der Waals surface area contributed by atoms with Crippen molar-refractivity contribution in [3.05, 3.63) is 29.8 Å². The fourth-order valence-corrected chi connectivity index (χ4v) is 3.99. The van der Waals surface area contributed by atoms with Crippen LogP contribution in [0.5, 0.6) is 0 Å². The third-order valence-electron chi connectivity index (χ3n) is 4.94. The first-order chi connectivity index (χ1) is 11.7. The molecule has 0 saturated carbocycles. The highest BCUT2D eigenvalue weighted by atomic mass is 19.1. The summed E-state index contributed by atoms with van der Waals surface area (Å²) in [6.45, 7) is 5.57. The van der Waals surface area contributed by atoms with Gasteiger partial charge in [-0.25, -0.2) is 9.18 Å². The van der Waals surface area contributed by atoms with Crippen LogP contribution in [0.2, 0.25) is 0 Å². The van der Waals surface area contributed by atoms with Gasteiger partial charge < -0.3 is 9.64 Å². The number of Topliss-reactive ketones (excluding diaryl/α,β-unsaturated/α-hetero) is 1. The summed E-state index contributed by atoms with van der Waals surface area (Å²) in [5.74, 6) is -0.775. The van der Waals surface area contributed by atoms with E-state index < -0.39 is 11.4 Å². The summed E-state index contributed by atoms with van der Waals surface area (Å²) in [4.78, 5) is 30.9. The number of ether oxygens (including phenoxy) is 1. The third-order valence-corrected chi connectivity index (χ3v) is 4.94. The lowest BCUT2D eigenvalue weighted by atomic mass is 9.76. The van der Waals surface area contributed by atoms with Crippen LogP contribution < -0.4 is 0 Å².